The van der Waals surface area contributed by atoms with E-state index in [1.54, 1.807) is 16.4 Å². The minimum atomic E-state index is 0.582. The first-order valence-corrected chi connectivity index (χ1v) is 11.2. The quantitative estimate of drug-likeness (QED) is 0.296. The smallest absolute Gasteiger partial charge is 0.214 e. The topological polar surface area (TPSA) is 64.9 Å². The average Bonchev–Trinajstić information content (AvgIpc) is 3.27. The molecule has 7 heteroatoms. The molecule has 4 rings (SSSR count). The summed E-state index contributed by atoms with van der Waals surface area (Å²) >= 11 is 1.64. The first-order chi connectivity index (χ1) is 15.3. The van der Waals surface area contributed by atoms with Crippen LogP contribution >= 0.6 is 11.8 Å². The van der Waals surface area contributed by atoms with E-state index < -0.39 is 0 Å². The lowest BCUT2D eigenvalue weighted by Gasteiger charge is -2.09. The van der Waals surface area contributed by atoms with E-state index in [0.717, 1.165) is 35.4 Å². The molecule has 0 aliphatic rings. The average molecular weight is 432 g/mol. The molecule has 31 heavy (non-hydrogen) atoms. The van der Waals surface area contributed by atoms with Gasteiger partial charge in [-0.25, -0.2) is 0 Å². The normalized spacial score (nSPS) is 10.9. The third kappa shape index (κ3) is 6.16. The van der Waals surface area contributed by atoms with E-state index in [4.69, 9.17) is 4.74 Å². The second kappa shape index (κ2) is 10.7. The van der Waals surface area contributed by atoms with Crippen LogP contribution in [0.5, 0.6) is 5.75 Å². The van der Waals surface area contributed by atoms with E-state index in [1.807, 2.05) is 42.5 Å². The van der Waals surface area contributed by atoms with Crippen LogP contribution in [0.1, 0.15) is 16.7 Å². The van der Waals surface area contributed by atoms with E-state index in [-0.39, 0.29) is 0 Å². The van der Waals surface area contributed by atoms with Gasteiger partial charge < -0.3 is 10.1 Å². The van der Waals surface area contributed by atoms with Crippen molar-refractivity contribution in [1.82, 2.24) is 25.5 Å². The van der Waals surface area contributed by atoms with E-state index in [1.165, 1.54) is 16.7 Å². The second-order valence-corrected chi connectivity index (χ2v) is 8.22. The van der Waals surface area contributed by atoms with Crippen molar-refractivity contribution in [3.63, 3.8) is 0 Å². The summed E-state index contributed by atoms with van der Waals surface area (Å²) in [6.45, 7) is 4.34. The van der Waals surface area contributed by atoms with Crippen molar-refractivity contribution in [3.8, 4) is 11.4 Å². The molecule has 1 N–H and O–H groups in total. The van der Waals surface area contributed by atoms with E-state index >= 15 is 0 Å². The maximum atomic E-state index is 5.89. The van der Waals surface area contributed by atoms with Crippen LogP contribution in [-0.4, -0.2) is 32.5 Å². The Balaban J connectivity index is 1.18. The number of rotatable bonds is 10. The van der Waals surface area contributed by atoms with Gasteiger partial charge in [-0.1, -0.05) is 71.9 Å². The van der Waals surface area contributed by atoms with Crippen molar-refractivity contribution < 1.29 is 4.74 Å². The fourth-order valence-electron chi connectivity index (χ4n) is 3.12. The molecule has 0 bridgehead atoms. The third-order valence-corrected chi connectivity index (χ3v) is 5.61. The van der Waals surface area contributed by atoms with Crippen molar-refractivity contribution >= 4 is 11.8 Å². The number of thioether (sulfide) groups is 1. The number of nitrogens with one attached hydrogen (secondary N) is 1. The van der Waals surface area contributed by atoms with Gasteiger partial charge in [-0.15, -0.1) is 5.10 Å². The van der Waals surface area contributed by atoms with Gasteiger partial charge in [-0.2, -0.15) is 4.68 Å². The first-order valence-electron chi connectivity index (χ1n) is 10.2. The molecule has 1 aromatic heterocycles. The van der Waals surface area contributed by atoms with Crippen molar-refractivity contribution in [2.45, 2.75) is 25.2 Å². The molecule has 0 saturated carbocycles. The van der Waals surface area contributed by atoms with Gasteiger partial charge in [0.05, 0.1) is 5.69 Å². The Kier molecular flexibility index (Phi) is 7.31. The predicted molar refractivity (Wildman–Crippen MR) is 124 cm³/mol. The lowest BCUT2D eigenvalue weighted by Crippen LogP contribution is -2.16. The molecule has 1 heterocycles. The van der Waals surface area contributed by atoms with Crippen LogP contribution in [0.2, 0.25) is 0 Å². The van der Waals surface area contributed by atoms with Crippen molar-refractivity contribution in [2.24, 2.45) is 0 Å². The molecule has 3 aromatic carbocycles. The first kappa shape index (κ1) is 21.1. The monoisotopic (exact) mass is 431 g/mol. The Hall–Kier alpha value is -3.16. The zero-order chi connectivity index (χ0) is 21.3. The summed E-state index contributed by atoms with van der Waals surface area (Å²) < 4.78 is 7.65. The summed E-state index contributed by atoms with van der Waals surface area (Å²) in [5.41, 5.74) is 4.62. The molecule has 0 fully saturated rings. The Bertz CT molecular complexity index is 1080. The largest absolute Gasteiger partial charge is 0.489 e. The minimum absolute atomic E-state index is 0.582. The van der Waals surface area contributed by atoms with E-state index in [2.05, 4.69) is 64.2 Å². The summed E-state index contributed by atoms with van der Waals surface area (Å²) in [7, 11) is 0. The molecule has 158 valence electrons. The second-order valence-electron chi connectivity index (χ2n) is 7.16. The zero-order valence-electron chi connectivity index (χ0n) is 17.4. The third-order valence-electron chi connectivity index (χ3n) is 4.69. The van der Waals surface area contributed by atoms with Gasteiger partial charge in [0.1, 0.15) is 12.4 Å². The van der Waals surface area contributed by atoms with Gasteiger partial charge in [0.2, 0.25) is 5.16 Å². The highest BCUT2D eigenvalue weighted by molar-refractivity contribution is 7.99. The lowest BCUT2D eigenvalue weighted by molar-refractivity contribution is 0.306. The Morgan fingerprint density at radius 1 is 0.935 bits per heavy atom. The van der Waals surface area contributed by atoms with Crippen LogP contribution in [0, 0.1) is 6.92 Å². The van der Waals surface area contributed by atoms with Gasteiger partial charge in [0, 0.05) is 18.8 Å². The molecule has 0 spiro atoms. The van der Waals surface area contributed by atoms with Crippen LogP contribution < -0.4 is 10.1 Å². The number of hydrogen-bond donors (Lipinski definition) is 1. The van der Waals surface area contributed by atoms with Crippen LogP contribution in [0.25, 0.3) is 5.69 Å². The number of aryl methyl sites for hydroxylation is 1. The lowest BCUT2D eigenvalue weighted by atomic mass is 10.1. The number of para-hydroxylation sites is 1. The molecule has 0 saturated heterocycles. The Labute approximate surface area is 186 Å². The highest BCUT2D eigenvalue weighted by atomic mass is 32.2. The highest BCUT2D eigenvalue weighted by Crippen LogP contribution is 2.18. The van der Waals surface area contributed by atoms with E-state index in [9.17, 15) is 0 Å². The van der Waals surface area contributed by atoms with Gasteiger partial charge in [0.15, 0.2) is 0 Å². The van der Waals surface area contributed by atoms with Crippen molar-refractivity contribution in [3.05, 3.63) is 95.6 Å². The Morgan fingerprint density at radius 2 is 1.77 bits per heavy atom. The molecule has 0 radical (unpaired) electrons. The van der Waals surface area contributed by atoms with Crippen molar-refractivity contribution in [1.29, 1.82) is 0 Å². The maximum Gasteiger partial charge on any atom is 0.214 e. The van der Waals surface area contributed by atoms with Crippen LogP contribution in [0.3, 0.4) is 0 Å². The SMILES string of the molecule is Cc1cccc(COc2ccc(CNCCSc3nnnn3-c3ccccc3)cc2)c1. The summed E-state index contributed by atoms with van der Waals surface area (Å²) in [4.78, 5) is 0. The Morgan fingerprint density at radius 3 is 2.58 bits per heavy atom. The van der Waals surface area contributed by atoms with Gasteiger partial charge in [-0.3, -0.25) is 0 Å². The van der Waals surface area contributed by atoms with Crippen LogP contribution in [0.4, 0.5) is 0 Å². The molecule has 4 aromatic rings. The van der Waals surface area contributed by atoms with Crippen molar-refractivity contribution in [2.75, 3.05) is 12.3 Å². The molecule has 0 aliphatic carbocycles. The molecule has 0 atom stereocenters. The van der Waals surface area contributed by atoms with E-state index in [0.29, 0.717) is 6.61 Å². The van der Waals surface area contributed by atoms with Crippen LogP contribution in [-0.2, 0) is 13.2 Å². The number of hydrogen-bond acceptors (Lipinski definition) is 6. The summed E-state index contributed by atoms with van der Waals surface area (Å²) in [6.07, 6.45) is 0. The molecule has 0 amide bonds. The summed E-state index contributed by atoms with van der Waals surface area (Å²) in [6, 6.07) is 26.5. The van der Waals surface area contributed by atoms with Gasteiger partial charge >= 0.3 is 0 Å². The standard InChI is InChI=1S/C24H25N5OS/c1-19-6-5-7-21(16-19)18-30-23-12-10-20(11-13-23)17-25-14-15-31-24-26-27-28-29(24)22-8-3-2-4-9-22/h2-13,16,25H,14-15,17-18H2,1H3. The zero-order valence-corrected chi connectivity index (χ0v) is 18.3. The highest BCUT2D eigenvalue weighted by Gasteiger charge is 2.08. The maximum absolute atomic E-state index is 5.89. The minimum Gasteiger partial charge on any atom is -0.489 e. The molecule has 0 unspecified atom stereocenters. The summed E-state index contributed by atoms with van der Waals surface area (Å²) in [5.74, 6) is 1.76. The van der Waals surface area contributed by atoms with Gasteiger partial charge in [0.25, 0.3) is 0 Å². The number of nitrogens with zero attached hydrogens (tertiary/aromatic N) is 4. The number of benzene rings is 3. The fourth-order valence-corrected chi connectivity index (χ4v) is 3.91. The molecular formula is C24H25N5OS. The molecule has 6 nitrogen and oxygen atoms in total. The number of aromatic nitrogens is 4. The summed E-state index contributed by atoms with van der Waals surface area (Å²) in [5, 5.41) is 16.3. The number of ether oxygens (including phenoxy) is 1. The number of tetrazole rings is 1. The molecular weight excluding hydrogens is 406 g/mol. The van der Waals surface area contributed by atoms with Crippen LogP contribution in [0.15, 0.2) is 84.0 Å². The molecule has 0 aliphatic heterocycles. The fraction of sp³-hybridized carbons (Fsp3) is 0.208. The predicted octanol–water partition coefficient (Wildman–Crippen LogP) is 4.43. The van der Waals surface area contributed by atoms with Gasteiger partial charge in [-0.05, 0) is 52.7 Å².